The summed E-state index contributed by atoms with van der Waals surface area (Å²) in [6.07, 6.45) is 0. The average molecular weight is 322 g/mol. The molecule has 108 valence electrons. The van der Waals surface area contributed by atoms with E-state index in [1.165, 1.54) is 0 Å². The summed E-state index contributed by atoms with van der Waals surface area (Å²) in [4.78, 5) is 4.41. The average Bonchev–Trinajstić information content (AvgIpc) is 2.87. The summed E-state index contributed by atoms with van der Waals surface area (Å²) >= 11 is 11.8. The molecule has 0 saturated carbocycles. The van der Waals surface area contributed by atoms with Crippen LogP contribution in [-0.4, -0.2) is 14.7 Å². The van der Waals surface area contributed by atoms with Crippen LogP contribution in [0.25, 0.3) is 11.0 Å². The third kappa shape index (κ3) is 2.40. The molecule has 0 aliphatic heterocycles. The molecule has 6 heteroatoms. The highest BCUT2D eigenvalue weighted by Gasteiger charge is 2.30. The first-order valence-corrected chi connectivity index (χ1v) is 7.25. The fourth-order valence-electron chi connectivity index (χ4n) is 2.37. The SMILES string of the molecule is NC(O)(c1ccc(Cl)cc1)n1c(CCl)nc2ccccc21. The van der Waals surface area contributed by atoms with E-state index >= 15 is 0 Å². The van der Waals surface area contributed by atoms with Gasteiger partial charge in [-0.15, -0.1) is 11.6 Å². The maximum Gasteiger partial charge on any atom is 0.225 e. The maximum absolute atomic E-state index is 10.8. The van der Waals surface area contributed by atoms with E-state index in [0.717, 1.165) is 5.52 Å². The Labute approximate surface area is 131 Å². The standard InChI is InChI=1S/C15H13Cl2N3O/c16-9-14-19-12-3-1-2-4-13(12)20(14)15(18,21)10-5-7-11(17)8-6-10/h1-8,21H,9,18H2. The molecule has 2 aromatic carbocycles. The molecule has 0 amide bonds. The molecule has 0 aliphatic rings. The van der Waals surface area contributed by atoms with Crippen molar-refractivity contribution in [3.63, 3.8) is 0 Å². The van der Waals surface area contributed by atoms with Crippen LogP contribution in [0.15, 0.2) is 48.5 Å². The van der Waals surface area contributed by atoms with Gasteiger partial charge in [0.1, 0.15) is 5.82 Å². The topological polar surface area (TPSA) is 64.1 Å². The van der Waals surface area contributed by atoms with Gasteiger partial charge in [0.25, 0.3) is 0 Å². The van der Waals surface area contributed by atoms with Gasteiger partial charge >= 0.3 is 0 Å². The van der Waals surface area contributed by atoms with Gasteiger partial charge < -0.3 is 5.11 Å². The van der Waals surface area contributed by atoms with Crippen molar-refractivity contribution in [2.75, 3.05) is 0 Å². The van der Waals surface area contributed by atoms with Crippen molar-refractivity contribution in [2.24, 2.45) is 5.73 Å². The van der Waals surface area contributed by atoms with E-state index in [0.29, 0.717) is 21.9 Å². The molecule has 0 spiro atoms. The van der Waals surface area contributed by atoms with Crippen LogP contribution >= 0.6 is 23.2 Å². The summed E-state index contributed by atoms with van der Waals surface area (Å²) in [5.41, 5.74) is 8.12. The van der Waals surface area contributed by atoms with E-state index < -0.39 is 5.85 Å². The zero-order chi connectivity index (χ0) is 15.0. The largest absolute Gasteiger partial charge is 0.355 e. The molecule has 3 rings (SSSR count). The smallest absolute Gasteiger partial charge is 0.225 e. The van der Waals surface area contributed by atoms with Gasteiger partial charge in [0.05, 0.1) is 16.9 Å². The first-order valence-electron chi connectivity index (χ1n) is 6.34. The summed E-state index contributed by atoms with van der Waals surface area (Å²) < 4.78 is 1.54. The predicted octanol–water partition coefficient (Wildman–Crippen LogP) is 3.04. The monoisotopic (exact) mass is 321 g/mol. The third-order valence-corrected chi connectivity index (χ3v) is 3.85. The van der Waals surface area contributed by atoms with E-state index in [1.54, 1.807) is 28.8 Å². The quantitative estimate of drug-likeness (QED) is 0.575. The number of aliphatic hydroxyl groups is 1. The lowest BCUT2D eigenvalue weighted by molar-refractivity contribution is 0.0138. The van der Waals surface area contributed by atoms with Gasteiger partial charge in [-0.05, 0) is 24.3 Å². The Morgan fingerprint density at radius 3 is 2.48 bits per heavy atom. The van der Waals surface area contributed by atoms with Crippen LogP contribution in [0.2, 0.25) is 5.02 Å². The number of benzene rings is 2. The Balaban J connectivity index is 2.24. The van der Waals surface area contributed by atoms with Gasteiger partial charge in [-0.2, -0.15) is 0 Å². The summed E-state index contributed by atoms with van der Waals surface area (Å²) in [5, 5.41) is 11.4. The molecule has 0 fully saturated rings. The number of fused-ring (bicyclic) bond motifs is 1. The number of hydrogen-bond acceptors (Lipinski definition) is 3. The highest BCUT2D eigenvalue weighted by atomic mass is 35.5. The maximum atomic E-state index is 10.8. The molecule has 3 N–H and O–H groups in total. The molecule has 1 aromatic heterocycles. The van der Waals surface area contributed by atoms with E-state index in [2.05, 4.69) is 4.98 Å². The van der Waals surface area contributed by atoms with Gasteiger partial charge in [-0.25, -0.2) is 4.98 Å². The number of alkyl halides is 1. The molecule has 1 heterocycles. The molecule has 3 aromatic rings. The summed E-state index contributed by atoms with van der Waals surface area (Å²) in [6, 6.07) is 14.1. The molecule has 1 unspecified atom stereocenters. The molecule has 0 saturated heterocycles. The van der Waals surface area contributed by atoms with Gasteiger partial charge in [0, 0.05) is 10.6 Å². The molecule has 1 atom stereocenters. The third-order valence-electron chi connectivity index (χ3n) is 3.36. The van der Waals surface area contributed by atoms with Crippen molar-refractivity contribution < 1.29 is 5.11 Å². The zero-order valence-electron chi connectivity index (χ0n) is 11.0. The minimum Gasteiger partial charge on any atom is -0.355 e. The highest BCUT2D eigenvalue weighted by Crippen LogP contribution is 2.27. The lowest BCUT2D eigenvalue weighted by Crippen LogP contribution is -2.44. The minimum absolute atomic E-state index is 0.141. The van der Waals surface area contributed by atoms with E-state index in [9.17, 15) is 5.11 Å². The summed E-state index contributed by atoms with van der Waals surface area (Å²) in [6.45, 7) is 0. The van der Waals surface area contributed by atoms with Crippen LogP contribution in [0, 0.1) is 0 Å². The van der Waals surface area contributed by atoms with Gasteiger partial charge in [-0.1, -0.05) is 35.9 Å². The van der Waals surface area contributed by atoms with Crippen LogP contribution in [0.3, 0.4) is 0 Å². The molecule has 0 bridgehead atoms. The van der Waals surface area contributed by atoms with Crippen molar-refractivity contribution in [3.8, 4) is 0 Å². The van der Waals surface area contributed by atoms with Gasteiger partial charge in [0.2, 0.25) is 5.85 Å². The van der Waals surface area contributed by atoms with Crippen LogP contribution in [0.4, 0.5) is 0 Å². The number of para-hydroxylation sites is 2. The predicted molar refractivity (Wildman–Crippen MR) is 84.2 cm³/mol. The molecule has 0 radical (unpaired) electrons. The molecule has 21 heavy (non-hydrogen) atoms. The zero-order valence-corrected chi connectivity index (χ0v) is 12.5. The van der Waals surface area contributed by atoms with Crippen LogP contribution in [0.1, 0.15) is 11.4 Å². The number of rotatable bonds is 3. The fourth-order valence-corrected chi connectivity index (χ4v) is 2.68. The molecule has 4 nitrogen and oxygen atoms in total. The van der Waals surface area contributed by atoms with E-state index in [1.807, 2.05) is 24.3 Å². The van der Waals surface area contributed by atoms with Crippen molar-refractivity contribution in [3.05, 3.63) is 64.9 Å². The normalized spacial score (nSPS) is 14.3. The number of halogens is 2. The Kier molecular flexibility index (Phi) is 3.63. The lowest BCUT2D eigenvalue weighted by atomic mass is 10.1. The fraction of sp³-hybridized carbons (Fsp3) is 0.133. The Hall–Kier alpha value is -1.59. The van der Waals surface area contributed by atoms with Crippen molar-refractivity contribution >= 4 is 34.2 Å². The second-order valence-electron chi connectivity index (χ2n) is 4.72. The minimum atomic E-state index is -1.76. The summed E-state index contributed by atoms with van der Waals surface area (Å²) in [5.74, 6) is -1.12. The van der Waals surface area contributed by atoms with Crippen LogP contribution < -0.4 is 5.73 Å². The first-order chi connectivity index (χ1) is 10.0. The summed E-state index contributed by atoms with van der Waals surface area (Å²) in [7, 11) is 0. The van der Waals surface area contributed by atoms with E-state index in [4.69, 9.17) is 28.9 Å². The number of aromatic nitrogens is 2. The van der Waals surface area contributed by atoms with Gasteiger partial charge in [0.15, 0.2) is 0 Å². The first kappa shape index (κ1) is 14.4. The Morgan fingerprint density at radius 1 is 1.14 bits per heavy atom. The van der Waals surface area contributed by atoms with Crippen LogP contribution in [0.5, 0.6) is 0 Å². The Bertz CT molecular complexity index is 781. The number of imidazole rings is 1. The molecule has 0 aliphatic carbocycles. The van der Waals surface area contributed by atoms with Crippen molar-refractivity contribution in [1.29, 1.82) is 0 Å². The highest BCUT2D eigenvalue weighted by molar-refractivity contribution is 6.30. The Morgan fingerprint density at radius 2 is 1.81 bits per heavy atom. The molecular weight excluding hydrogens is 309 g/mol. The molecular formula is C15H13Cl2N3O. The van der Waals surface area contributed by atoms with Crippen LogP contribution in [-0.2, 0) is 11.7 Å². The second-order valence-corrected chi connectivity index (χ2v) is 5.42. The van der Waals surface area contributed by atoms with Crippen molar-refractivity contribution in [2.45, 2.75) is 11.7 Å². The van der Waals surface area contributed by atoms with E-state index in [-0.39, 0.29) is 5.88 Å². The number of nitrogens with two attached hydrogens (primary N) is 1. The lowest BCUT2D eigenvalue weighted by Gasteiger charge is -2.27. The number of hydrogen-bond donors (Lipinski definition) is 2. The van der Waals surface area contributed by atoms with Gasteiger partial charge in [-0.3, -0.25) is 10.3 Å². The second kappa shape index (κ2) is 5.31. The van der Waals surface area contributed by atoms with Crippen molar-refractivity contribution in [1.82, 2.24) is 9.55 Å². The number of nitrogens with zero attached hydrogens (tertiary/aromatic N) is 2.